The van der Waals surface area contributed by atoms with Crippen LogP contribution in [0.2, 0.25) is 0 Å². The van der Waals surface area contributed by atoms with Gasteiger partial charge in [-0.25, -0.2) is 0 Å². The van der Waals surface area contributed by atoms with Crippen molar-refractivity contribution in [2.24, 2.45) is 0 Å². The first kappa shape index (κ1) is 71.0. The minimum Gasteiger partial charge on any atom is -0.462 e. The van der Waals surface area contributed by atoms with Gasteiger partial charge in [0.05, 0.1) is 0 Å². The number of ether oxygens (including phenoxy) is 3. The van der Waals surface area contributed by atoms with E-state index in [2.05, 4.69) is 167 Å². The Labute approximate surface area is 467 Å². The standard InChI is InChI=1S/C70H110O6/c1-4-7-10-13-16-19-22-24-26-28-30-31-32-33-34-35-36-37-38-39-41-42-44-46-48-51-54-57-60-63-69(72)75-66-67(65-74-68(71)62-59-56-53-50-21-18-15-12-9-6-3)76-70(73)64-61-58-55-52-49-47-45-43-40-29-27-25-23-20-17-14-11-8-5-2/h7-8,10-11,16-17,19-20,24-27,30-31,33-34,36-37,39-41,43,47,49,55,58,67H,4-6,9,12-15,18,21-23,28-29,32,35,38,42,44-46,48,50-54,56-57,59-66H2,1-3H3/b10-7-,11-8-,19-16-,20-17-,26-24-,27-25-,31-30-,34-33-,37-36-,41-39-,43-40-,49-47-,58-55-. The molecule has 0 aromatic carbocycles. The van der Waals surface area contributed by atoms with Crippen molar-refractivity contribution in [2.75, 3.05) is 13.2 Å². The average Bonchev–Trinajstić information content (AvgIpc) is 3.42. The quantitative estimate of drug-likeness (QED) is 0.0261. The normalized spacial score (nSPS) is 13.2. The molecular formula is C70H110O6. The Morgan fingerprint density at radius 3 is 0.855 bits per heavy atom. The minimum absolute atomic E-state index is 0.116. The monoisotopic (exact) mass is 1050 g/mol. The molecule has 0 N–H and O–H groups in total. The van der Waals surface area contributed by atoms with E-state index in [0.29, 0.717) is 19.3 Å². The molecule has 0 aliphatic heterocycles. The third-order valence-electron chi connectivity index (χ3n) is 12.3. The predicted octanol–water partition coefficient (Wildman–Crippen LogP) is 20.9. The van der Waals surface area contributed by atoms with Crippen LogP contribution in [-0.4, -0.2) is 37.2 Å². The van der Waals surface area contributed by atoms with Gasteiger partial charge in [0.2, 0.25) is 0 Å². The summed E-state index contributed by atoms with van der Waals surface area (Å²) in [7, 11) is 0. The fourth-order valence-corrected chi connectivity index (χ4v) is 7.80. The lowest BCUT2D eigenvalue weighted by atomic mass is 10.1. The molecule has 76 heavy (non-hydrogen) atoms. The summed E-state index contributed by atoms with van der Waals surface area (Å²) in [5.41, 5.74) is 0. The average molecular weight is 1050 g/mol. The van der Waals surface area contributed by atoms with Gasteiger partial charge in [-0.3, -0.25) is 14.4 Å². The molecule has 0 spiro atoms. The Balaban J connectivity index is 4.40. The Hall–Kier alpha value is -4.97. The Kier molecular flexibility index (Phi) is 58.5. The molecule has 0 bridgehead atoms. The van der Waals surface area contributed by atoms with Gasteiger partial charge in [-0.2, -0.15) is 0 Å². The zero-order chi connectivity index (χ0) is 55.0. The summed E-state index contributed by atoms with van der Waals surface area (Å²) in [5.74, 6) is -1.02. The fraction of sp³-hybridized carbons (Fsp3) is 0.586. The molecule has 0 rings (SSSR count). The van der Waals surface area contributed by atoms with E-state index in [0.717, 1.165) is 128 Å². The predicted molar refractivity (Wildman–Crippen MR) is 329 cm³/mol. The number of unbranched alkanes of at least 4 members (excludes halogenated alkanes) is 16. The lowest BCUT2D eigenvalue weighted by Crippen LogP contribution is -2.30. The van der Waals surface area contributed by atoms with Gasteiger partial charge in [0, 0.05) is 19.3 Å². The van der Waals surface area contributed by atoms with Crippen molar-refractivity contribution >= 4 is 17.9 Å². The van der Waals surface area contributed by atoms with Crippen molar-refractivity contribution in [3.8, 4) is 0 Å². The van der Waals surface area contributed by atoms with E-state index in [-0.39, 0.29) is 31.6 Å². The first-order chi connectivity index (χ1) is 37.5. The van der Waals surface area contributed by atoms with Crippen molar-refractivity contribution in [1.29, 1.82) is 0 Å². The Bertz CT molecular complexity index is 1720. The number of rotatable bonds is 53. The van der Waals surface area contributed by atoms with Crippen LogP contribution in [0.3, 0.4) is 0 Å². The van der Waals surface area contributed by atoms with Crippen LogP contribution in [0.15, 0.2) is 158 Å². The highest BCUT2D eigenvalue weighted by Crippen LogP contribution is 2.14. The molecule has 1 atom stereocenters. The van der Waals surface area contributed by atoms with E-state index in [9.17, 15) is 14.4 Å². The Morgan fingerprint density at radius 2 is 0.539 bits per heavy atom. The second-order valence-electron chi connectivity index (χ2n) is 19.5. The molecule has 0 amide bonds. The highest BCUT2D eigenvalue weighted by atomic mass is 16.6. The van der Waals surface area contributed by atoms with E-state index in [4.69, 9.17) is 14.2 Å². The topological polar surface area (TPSA) is 78.9 Å². The highest BCUT2D eigenvalue weighted by molar-refractivity contribution is 5.71. The SMILES string of the molecule is CC/C=C\C/C=C\C/C=C\C/C=C\C/C=C\C/C=C\C/C=C\CCCCCCCCCC(=O)OCC(COC(=O)CCCCCCCCCCCC)OC(=O)CC/C=C\C/C=C\C/C=C\C/C=C\C/C=C\C/C=C\CC. The molecule has 0 radical (unpaired) electrons. The summed E-state index contributed by atoms with van der Waals surface area (Å²) < 4.78 is 16.8. The van der Waals surface area contributed by atoms with Crippen LogP contribution in [0, 0.1) is 0 Å². The molecule has 0 saturated heterocycles. The van der Waals surface area contributed by atoms with Crippen LogP contribution in [0.1, 0.15) is 245 Å². The fourth-order valence-electron chi connectivity index (χ4n) is 7.80. The lowest BCUT2D eigenvalue weighted by molar-refractivity contribution is -0.166. The van der Waals surface area contributed by atoms with Crippen molar-refractivity contribution in [2.45, 2.75) is 252 Å². The number of carbonyl (C=O) groups is 3. The molecule has 0 aliphatic rings. The second kappa shape index (κ2) is 62.6. The van der Waals surface area contributed by atoms with E-state index in [1.54, 1.807) is 0 Å². The van der Waals surface area contributed by atoms with Crippen LogP contribution < -0.4 is 0 Å². The van der Waals surface area contributed by atoms with Crippen LogP contribution in [0.5, 0.6) is 0 Å². The Morgan fingerprint density at radius 1 is 0.276 bits per heavy atom. The van der Waals surface area contributed by atoms with Crippen LogP contribution in [-0.2, 0) is 28.6 Å². The van der Waals surface area contributed by atoms with Crippen molar-refractivity contribution in [3.05, 3.63) is 158 Å². The summed E-state index contributed by atoms with van der Waals surface area (Å²) in [5, 5.41) is 0. The molecule has 6 nitrogen and oxygen atoms in total. The summed E-state index contributed by atoms with van der Waals surface area (Å²) in [6.07, 6.45) is 91.2. The maximum absolute atomic E-state index is 12.8. The maximum atomic E-state index is 12.8. The van der Waals surface area contributed by atoms with Gasteiger partial charge in [0.1, 0.15) is 13.2 Å². The molecule has 0 heterocycles. The van der Waals surface area contributed by atoms with Gasteiger partial charge < -0.3 is 14.2 Å². The highest BCUT2D eigenvalue weighted by Gasteiger charge is 2.19. The maximum Gasteiger partial charge on any atom is 0.306 e. The first-order valence-electron chi connectivity index (χ1n) is 30.5. The smallest absolute Gasteiger partial charge is 0.306 e. The lowest BCUT2D eigenvalue weighted by Gasteiger charge is -2.18. The number of esters is 3. The number of hydrogen-bond acceptors (Lipinski definition) is 6. The second-order valence-corrected chi connectivity index (χ2v) is 19.5. The van der Waals surface area contributed by atoms with Crippen LogP contribution in [0.4, 0.5) is 0 Å². The van der Waals surface area contributed by atoms with Gasteiger partial charge >= 0.3 is 17.9 Å². The molecular weight excluding hydrogens is 937 g/mol. The molecule has 0 aromatic rings. The van der Waals surface area contributed by atoms with Gasteiger partial charge in [0.25, 0.3) is 0 Å². The van der Waals surface area contributed by atoms with E-state index in [1.165, 1.54) is 70.6 Å². The number of hydrogen-bond donors (Lipinski definition) is 0. The van der Waals surface area contributed by atoms with Crippen molar-refractivity contribution < 1.29 is 28.6 Å². The molecule has 0 fully saturated rings. The largest absolute Gasteiger partial charge is 0.462 e. The van der Waals surface area contributed by atoms with Gasteiger partial charge in [-0.15, -0.1) is 0 Å². The molecule has 1 unspecified atom stereocenters. The third-order valence-corrected chi connectivity index (χ3v) is 12.3. The van der Waals surface area contributed by atoms with E-state index < -0.39 is 12.1 Å². The minimum atomic E-state index is -0.829. The molecule has 0 aliphatic carbocycles. The van der Waals surface area contributed by atoms with E-state index >= 15 is 0 Å². The van der Waals surface area contributed by atoms with Crippen molar-refractivity contribution in [3.63, 3.8) is 0 Å². The number of allylic oxidation sites excluding steroid dienone is 26. The van der Waals surface area contributed by atoms with Crippen LogP contribution in [0.25, 0.3) is 0 Å². The summed E-state index contributed by atoms with van der Waals surface area (Å²) >= 11 is 0. The van der Waals surface area contributed by atoms with E-state index in [1.807, 2.05) is 12.2 Å². The summed E-state index contributed by atoms with van der Waals surface area (Å²) in [4.78, 5) is 38.1. The van der Waals surface area contributed by atoms with Gasteiger partial charge in [-0.1, -0.05) is 269 Å². The summed E-state index contributed by atoms with van der Waals surface area (Å²) in [6, 6.07) is 0. The summed E-state index contributed by atoms with van der Waals surface area (Å²) in [6.45, 7) is 6.32. The molecule has 426 valence electrons. The molecule has 0 aromatic heterocycles. The number of carbonyl (C=O) groups excluding carboxylic acids is 3. The zero-order valence-corrected chi connectivity index (χ0v) is 48.7. The first-order valence-corrected chi connectivity index (χ1v) is 30.5. The van der Waals surface area contributed by atoms with Crippen LogP contribution >= 0.6 is 0 Å². The molecule has 0 saturated carbocycles. The molecule has 6 heteroatoms. The van der Waals surface area contributed by atoms with Crippen molar-refractivity contribution in [1.82, 2.24) is 0 Å². The zero-order valence-electron chi connectivity index (χ0n) is 48.7. The van der Waals surface area contributed by atoms with Gasteiger partial charge in [0.15, 0.2) is 6.10 Å². The third kappa shape index (κ3) is 59.9. The van der Waals surface area contributed by atoms with Gasteiger partial charge in [-0.05, 0) is 116 Å².